The van der Waals surface area contributed by atoms with E-state index in [1.807, 2.05) is 18.3 Å². The summed E-state index contributed by atoms with van der Waals surface area (Å²) in [4.78, 5) is 2.80. The van der Waals surface area contributed by atoms with Gasteiger partial charge in [-0.1, -0.05) is 6.92 Å². The summed E-state index contributed by atoms with van der Waals surface area (Å²) in [6.07, 6.45) is 1.12. The Kier molecular flexibility index (Phi) is 6.12. The molecule has 0 aliphatic rings. The van der Waals surface area contributed by atoms with Crippen LogP contribution in [0.25, 0.3) is 0 Å². The van der Waals surface area contributed by atoms with Crippen LogP contribution in [0.4, 0.5) is 0 Å². The molecule has 1 nitrogen and oxygen atoms in total. The van der Waals surface area contributed by atoms with Gasteiger partial charge in [0.1, 0.15) is 4.77 Å². The molecule has 0 spiro atoms. The van der Waals surface area contributed by atoms with Crippen molar-refractivity contribution >= 4 is 35.7 Å². The molecule has 4 heteroatoms. The lowest BCUT2D eigenvalue weighted by atomic mass is 10.3. The van der Waals surface area contributed by atoms with Crippen molar-refractivity contribution in [3.63, 3.8) is 0 Å². The minimum Gasteiger partial charge on any atom is -0.358 e. The third kappa shape index (κ3) is 4.39. The molecule has 2 atom stereocenters. The first-order chi connectivity index (χ1) is 7.17. The lowest BCUT2D eigenvalue weighted by Gasteiger charge is -2.17. The van der Waals surface area contributed by atoms with Gasteiger partial charge in [-0.3, -0.25) is 0 Å². The van der Waals surface area contributed by atoms with Gasteiger partial charge in [0.15, 0.2) is 0 Å². The Balaban J connectivity index is 2.56. The van der Waals surface area contributed by atoms with Crippen molar-refractivity contribution in [2.24, 2.45) is 0 Å². The number of thioether (sulfide) groups is 1. The highest BCUT2D eigenvalue weighted by Gasteiger charge is 2.16. The lowest BCUT2D eigenvalue weighted by molar-refractivity contribution is 0.179. The van der Waals surface area contributed by atoms with Crippen molar-refractivity contribution in [3.05, 3.63) is 21.9 Å². The maximum Gasteiger partial charge on any atom is 0.147 e. The molecule has 0 aromatic carbocycles. The zero-order chi connectivity index (χ0) is 11.3. The smallest absolute Gasteiger partial charge is 0.147 e. The summed E-state index contributed by atoms with van der Waals surface area (Å²) >= 11 is 8.06. The molecule has 0 saturated carbocycles. The number of rotatable bonds is 6. The average molecular weight is 262 g/mol. The third-order valence-electron chi connectivity index (χ3n) is 2.04. The maximum absolute atomic E-state index is 5.43. The van der Waals surface area contributed by atoms with Crippen LogP contribution in [0.3, 0.4) is 0 Å². The van der Waals surface area contributed by atoms with Crippen LogP contribution in [-0.4, -0.2) is 11.4 Å². The summed E-state index contributed by atoms with van der Waals surface area (Å²) in [5, 5.41) is 0.512. The fourth-order valence-corrected chi connectivity index (χ4v) is 4.06. The Labute approximate surface area is 106 Å². The van der Waals surface area contributed by atoms with E-state index in [4.69, 9.17) is 4.74 Å². The monoisotopic (exact) mass is 262 g/mol. The van der Waals surface area contributed by atoms with Crippen LogP contribution in [0.1, 0.15) is 35.3 Å². The van der Waals surface area contributed by atoms with E-state index < -0.39 is 0 Å². The number of hydrogen-bond acceptors (Lipinski definition) is 4. The van der Waals surface area contributed by atoms with Gasteiger partial charge in [0.2, 0.25) is 0 Å². The first-order valence-electron chi connectivity index (χ1n) is 5.18. The van der Waals surface area contributed by atoms with Crippen molar-refractivity contribution in [2.45, 2.75) is 37.2 Å². The summed E-state index contributed by atoms with van der Waals surface area (Å²) in [5.74, 6) is 0. The van der Waals surface area contributed by atoms with Crippen LogP contribution in [0, 0.1) is 6.92 Å². The molecular formula is C11H18OS3. The second kappa shape index (κ2) is 6.84. The first-order valence-corrected chi connectivity index (χ1v) is 7.46. The summed E-state index contributed by atoms with van der Waals surface area (Å²) < 4.78 is 5.42. The van der Waals surface area contributed by atoms with Gasteiger partial charge in [-0.25, -0.2) is 0 Å². The Bertz CT molecular complexity index is 285. The van der Waals surface area contributed by atoms with E-state index in [1.165, 1.54) is 9.75 Å². The predicted octanol–water partition coefficient (Wildman–Crippen LogP) is 4.49. The highest BCUT2D eigenvalue weighted by atomic mass is 32.2. The number of ether oxygens (including phenoxy) is 1. The molecule has 86 valence electrons. The van der Waals surface area contributed by atoms with Crippen LogP contribution in [0.5, 0.6) is 0 Å². The zero-order valence-electron chi connectivity index (χ0n) is 9.40. The summed E-state index contributed by atoms with van der Waals surface area (Å²) in [7, 11) is 0. The van der Waals surface area contributed by atoms with Gasteiger partial charge in [0.05, 0.1) is 0 Å². The van der Waals surface area contributed by atoms with Crippen LogP contribution in [0.2, 0.25) is 0 Å². The van der Waals surface area contributed by atoms with Crippen molar-refractivity contribution in [2.75, 3.05) is 6.61 Å². The Morgan fingerprint density at radius 2 is 2.20 bits per heavy atom. The molecule has 0 amide bonds. The molecule has 0 bridgehead atoms. The number of aryl methyl sites for hydroxylation is 1. The standard InChI is InChI=1S/C11H18OS3/c1-4-9(15-11(13)12-5-2)10-7-6-8(3)14-10/h6-7,9,11,13H,4-5H2,1-3H3. The largest absolute Gasteiger partial charge is 0.358 e. The molecule has 2 unspecified atom stereocenters. The van der Waals surface area contributed by atoms with Gasteiger partial charge < -0.3 is 4.74 Å². The molecule has 0 fully saturated rings. The molecule has 0 saturated heterocycles. The SMILES string of the molecule is CCOC(S)SC(CC)c1ccc(C)s1. The van der Waals surface area contributed by atoms with Crippen LogP contribution >= 0.6 is 35.7 Å². The molecule has 0 radical (unpaired) electrons. The van der Waals surface area contributed by atoms with Crippen LogP contribution in [-0.2, 0) is 4.74 Å². The molecular weight excluding hydrogens is 244 g/mol. The molecule has 0 N–H and O–H groups in total. The number of thiol groups is 1. The second-order valence-electron chi connectivity index (χ2n) is 3.24. The predicted molar refractivity (Wildman–Crippen MR) is 74.1 cm³/mol. The third-order valence-corrected chi connectivity index (χ3v) is 5.10. The van der Waals surface area contributed by atoms with Crippen molar-refractivity contribution in [1.29, 1.82) is 0 Å². The lowest BCUT2D eigenvalue weighted by Crippen LogP contribution is -2.03. The molecule has 1 heterocycles. The van der Waals surface area contributed by atoms with Crippen LogP contribution < -0.4 is 0 Å². The van der Waals surface area contributed by atoms with E-state index >= 15 is 0 Å². The second-order valence-corrected chi connectivity index (χ2v) is 6.65. The van der Waals surface area contributed by atoms with E-state index in [2.05, 4.69) is 38.6 Å². The van der Waals surface area contributed by atoms with Crippen molar-refractivity contribution in [1.82, 2.24) is 0 Å². The van der Waals surface area contributed by atoms with Gasteiger partial charge in [-0.05, 0) is 32.4 Å². The van der Waals surface area contributed by atoms with E-state index in [0.29, 0.717) is 5.25 Å². The molecule has 1 aromatic heterocycles. The normalized spacial score (nSPS) is 15.2. The zero-order valence-corrected chi connectivity index (χ0v) is 11.9. The Morgan fingerprint density at radius 3 is 2.67 bits per heavy atom. The minimum absolute atomic E-state index is 0.0117. The van der Waals surface area contributed by atoms with Crippen molar-refractivity contribution in [3.8, 4) is 0 Å². The molecule has 0 aliphatic carbocycles. The average Bonchev–Trinajstić information content (AvgIpc) is 2.61. The fraction of sp³-hybridized carbons (Fsp3) is 0.636. The van der Waals surface area contributed by atoms with E-state index in [1.54, 1.807) is 11.8 Å². The number of hydrogen-bond donors (Lipinski definition) is 1. The molecule has 1 aromatic rings. The summed E-state index contributed by atoms with van der Waals surface area (Å²) in [6, 6.07) is 4.39. The van der Waals surface area contributed by atoms with Gasteiger partial charge in [0, 0.05) is 21.6 Å². The molecule has 0 aliphatic heterocycles. The summed E-state index contributed by atoms with van der Waals surface area (Å²) in [6.45, 7) is 7.08. The topological polar surface area (TPSA) is 9.23 Å². The Morgan fingerprint density at radius 1 is 1.47 bits per heavy atom. The van der Waals surface area contributed by atoms with Gasteiger partial charge in [-0.2, -0.15) is 0 Å². The molecule has 15 heavy (non-hydrogen) atoms. The summed E-state index contributed by atoms with van der Waals surface area (Å²) in [5.41, 5.74) is 0. The van der Waals surface area contributed by atoms with Gasteiger partial charge in [-0.15, -0.1) is 35.7 Å². The van der Waals surface area contributed by atoms with Gasteiger partial charge in [0.25, 0.3) is 0 Å². The molecule has 1 rings (SSSR count). The fourth-order valence-electron chi connectivity index (χ4n) is 1.31. The highest BCUT2D eigenvalue weighted by Crippen LogP contribution is 2.39. The van der Waals surface area contributed by atoms with Crippen LogP contribution in [0.15, 0.2) is 12.1 Å². The minimum atomic E-state index is -0.0117. The first kappa shape index (κ1) is 13.4. The van der Waals surface area contributed by atoms with E-state index in [-0.39, 0.29) is 4.77 Å². The van der Waals surface area contributed by atoms with E-state index in [0.717, 1.165) is 13.0 Å². The Hall–Kier alpha value is 0.360. The quantitative estimate of drug-likeness (QED) is 0.597. The van der Waals surface area contributed by atoms with E-state index in [9.17, 15) is 0 Å². The number of thiophene rings is 1. The van der Waals surface area contributed by atoms with Crippen molar-refractivity contribution < 1.29 is 4.74 Å². The van der Waals surface area contributed by atoms with Gasteiger partial charge >= 0.3 is 0 Å². The maximum atomic E-state index is 5.43. The highest BCUT2D eigenvalue weighted by molar-refractivity contribution is 8.10.